The molecule has 1 heterocycles. The van der Waals surface area contributed by atoms with Gasteiger partial charge in [0.15, 0.2) is 12.4 Å². The molecule has 2 rings (SSSR count). The Labute approximate surface area is 150 Å². The van der Waals surface area contributed by atoms with Gasteiger partial charge >= 0.3 is 5.97 Å². The van der Waals surface area contributed by atoms with Gasteiger partial charge < -0.3 is 4.74 Å². The second-order valence-electron chi connectivity index (χ2n) is 4.36. The van der Waals surface area contributed by atoms with Gasteiger partial charge in [0, 0.05) is 11.8 Å². The van der Waals surface area contributed by atoms with Crippen molar-refractivity contribution in [3.8, 4) is 0 Å². The number of ether oxygens (including phenoxy) is 1. The molecular weight excluding hydrogens is 383 g/mol. The number of carbonyl (C=O) groups is 2. The molecule has 0 aliphatic rings. The van der Waals surface area contributed by atoms with Crippen LogP contribution in [0.5, 0.6) is 0 Å². The van der Waals surface area contributed by atoms with Gasteiger partial charge in [0.2, 0.25) is 0 Å². The van der Waals surface area contributed by atoms with E-state index >= 15 is 0 Å². The van der Waals surface area contributed by atoms with Crippen molar-refractivity contribution in [1.82, 2.24) is 4.98 Å². The topological polar surface area (TPSA) is 56.3 Å². The number of thioether (sulfide) groups is 1. The van der Waals surface area contributed by atoms with Crippen LogP contribution in [0.4, 0.5) is 8.78 Å². The van der Waals surface area contributed by atoms with Gasteiger partial charge in [-0.3, -0.25) is 4.79 Å². The standard InChI is InChI=1S/C15H9Cl2F2NO3S/c16-10-4-3-8(6-11(10)17)12(21)7-23-14(22)9-2-1-5-20-13(9)24-15(18)19/h1-6,15H,7H2. The van der Waals surface area contributed by atoms with Crippen molar-refractivity contribution in [2.45, 2.75) is 10.8 Å². The van der Waals surface area contributed by atoms with Gasteiger partial charge in [-0.2, -0.15) is 8.78 Å². The summed E-state index contributed by atoms with van der Waals surface area (Å²) in [4.78, 5) is 27.7. The van der Waals surface area contributed by atoms with Crippen LogP contribution in [-0.4, -0.2) is 29.1 Å². The Balaban J connectivity index is 2.05. The van der Waals surface area contributed by atoms with E-state index in [1.165, 1.54) is 36.5 Å². The molecule has 0 unspecified atom stereocenters. The van der Waals surface area contributed by atoms with E-state index in [1.807, 2.05) is 0 Å². The SMILES string of the molecule is O=C(COC(=O)c1cccnc1SC(F)F)c1ccc(Cl)c(Cl)c1. The van der Waals surface area contributed by atoms with Crippen molar-refractivity contribution in [3.05, 3.63) is 57.7 Å². The third-order valence-electron chi connectivity index (χ3n) is 2.77. The summed E-state index contributed by atoms with van der Waals surface area (Å²) >= 11 is 11.7. The van der Waals surface area contributed by atoms with E-state index in [2.05, 4.69) is 4.98 Å². The number of ketones is 1. The molecule has 1 aromatic carbocycles. The van der Waals surface area contributed by atoms with E-state index in [0.717, 1.165) is 0 Å². The van der Waals surface area contributed by atoms with Crippen LogP contribution in [0.1, 0.15) is 20.7 Å². The van der Waals surface area contributed by atoms with E-state index in [-0.39, 0.29) is 38.0 Å². The molecule has 24 heavy (non-hydrogen) atoms. The normalized spacial score (nSPS) is 10.7. The molecule has 0 fully saturated rings. The van der Waals surface area contributed by atoms with Gasteiger partial charge in [0.25, 0.3) is 5.76 Å². The lowest BCUT2D eigenvalue weighted by atomic mass is 10.1. The molecule has 0 atom stereocenters. The van der Waals surface area contributed by atoms with Crippen LogP contribution in [0.2, 0.25) is 10.0 Å². The van der Waals surface area contributed by atoms with Crippen LogP contribution in [-0.2, 0) is 4.74 Å². The van der Waals surface area contributed by atoms with Crippen molar-refractivity contribution < 1.29 is 23.1 Å². The highest BCUT2D eigenvalue weighted by Crippen LogP contribution is 2.27. The summed E-state index contributed by atoms with van der Waals surface area (Å²) in [5.41, 5.74) is 0.0790. The Morgan fingerprint density at radius 1 is 1.21 bits per heavy atom. The number of rotatable bonds is 6. The van der Waals surface area contributed by atoms with Crippen LogP contribution in [0, 0.1) is 0 Å². The Kier molecular flexibility index (Phi) is 6.53. The average molecular weight is 392 g/mol. The van der Waals surface area contributed by atoms with Gasteiger partial charge in [-0.05, 0) is 42.1 Å². The number of benzene rings is 1. The van der Waals surface area contributed by atoms with Crippen molar-refractivity contribution in [3.63, 3.8) is 0 Å². The van der Waals surface area contributed by atoms with Crippen LogP contribution in [0.25, 0.3) is 0 Å². The molecule has 0 saturated carbocycles. The molecular formula is C15H9Cl2F2NO3S. The molecule has 0 aliphatic carbocycles. The summed E-state index contributed by atoms with van der Waals surface area (Å²) in [6.07, 6.45) is 1.28. The molecule has 2 aromatic rings. The Hall–Kier alpha value is -1.70. The number of carbonyl (C=O) groups excluding carboxylic acids is 2. The molecule has 0 N–H and O–H groups in total. The molecule has 0 spiro atoms. The summed E-state index contributed by atoms with van der Waals surface area (Å²) in [5.74, 6) is -4.15. The third kappa shape index (κ3) is 4.90. The summed E-state index contributed by atoms with van der Waals surface area (Å²) in [6, 6.07) is 6.93. The van der Waals surface area contributed by atoms with E-state index in [9.17, 15) is 18.4 Å². The minimum atomic E-state index is -2.73. The lowest BCUT2D eigenvalue weighted by Crippen LogP contribution is -2.15. The molecule has 0 bridgehead atoms. The highest BCUT2D eigenvalue weighted by Gasteiger charge is 2.19. The van der Waals surface area contributed by atoms with E-state index in [4.69, 9.17) is 27.9 Å². The van der Waals surface area contributed by atoms with Crippen molar-refractivity contribution in [2.24, 2.45) is 0 Å². The third-order valence-corrected chi connectivity index (χ3v) is 4.23. The molecule has 1 aromatic heterocycles. The Morgan fingerprint density at radius 2 is 1.96 bits per heavy atom. The maximum Gasteiger partial charge on any atom is 0.341 e. The second kappa shape index (κ2) is 8.41. The van der Waals surface area contributed by atoms with Crippen molar-refractivity contribution >= 4 is 46.7 Å². The first-order valence-corrected chi connectivity index (χ1v) is 8.07. The molecule has 0 amide bonds. The molecule has 0 aliphatic heterocycles. The lowest BCUT2D eigenvalue weighted by Gasteiger charge is -2.08. The fourth-order valence-corrected chi connectivity index (χ4v) is 2.55. The average Bonchev–Trinajstić information content (AvgIpc) is 2.54. The minimum Gasteiger partial charge on any atom is -0.454 e. The van der Waals surface area contributed by atoms with E-state index < -0.39 is 24.1 Å². The first-order chi connectivity index (χ1) is 11.4. The summed E-state index contributed by atoms with van der Waals surface area (Å²) in [7, 11) is 0. The number of aromatic nitrogens is 1. The van der Waals surface area contributed by atoms with Crippen LogP contribution in [0.3, 0.4) is 0 Å². The van der Waals surface area contributed by atoms with Crippen LogP contribution >= 0.6 is 35.0 Å². The largest absolute Gasteiger partial charge is 0.454 e. The Morgan fingerprint density at radius 3 is 2.62 bits per heavy atom. The maximum atomic E-state index is 12.5. The number of pyridine rings is 1. The van der Waals surface area contributed by atoms with Gasteiger partial charge in [0.05, 0.1) is 15.6 Å². The number of hydrogen-bond donors (Lipinski definition) is 0. The van der Waals surface area contributed by atoms with Crippen LogP contribution < -0.4 is 0 Å². The first kappa shape index (κ1) is 18.6. The molecule has 0 radical (unpaired) electrons. The highest BCUT2D eigenvalue weighted by atomic mass is 35.5. The maximum absolute atomic E-state index is 12.5. The molecule has 0 saturated heterocycles. The zero-order valence-electron chi connectivity index (χ0n) is 11.8. The number of esters is 1. The highest BCUT2D eigenvalue weighted by molar-refractivity contribution is 7.99. The number of nitrogens with zero attached hydrogens (tertiary/aromatic N) is 1. The number of hydrogen-bond acceptors (Lipinski definition) is 5. The van der Waals surface area contributed by atoms with E-state index in [1.54, 1.807) is 0 Å². The monoisotopic (exact) mass is 391 g/mol. The lowest BCUT2D eigenvalue weighted by molar-refractivity contribution is 0.0470. The minimum absolute atomic E-state index is 0.125. The summed E-state index contributed by atoms with van der Waals surface area (Å²) < 4.78 is 29.8. The predicted octanol–water partition coefficient (Wildman–Crippen LogP) is 4.74. The fraction of sp³-hybridized carbons (Fsp3) is 0.133. The van der Waals surface area contributed by atoms with E-state index in [0.29, 0.717) is 0 Å². The second-order valence-corrected chi connectivity index (χ2v) is 6.16. The number of alkyl halides is 2. The van der Waals surface area contributed by atoms with Gasteiger partial charge in [-0.25, -0.2) is 9.78 Å². The van der Waals surface area contributed by atoms with Crippen molar-refractivity contribution in [2.75, 3.05) is 6.61 Å². The quantitative estimate of drug-likeness (QED) is 0.404. The van der Waals surface area contributed by atoms with Crippen LogP contribution in [0.15, 0.2) is 41.6 Å². The fourth-order valence-electron chi connectivity index (χ4n) is 1.69. The number of Topliss-reactive ketones (excluding diaryl/α,β-unsaturated/α-hetero) is 1. The molecule has 126 valence electrons. The van der Waals surface area contributed by atoms with Gasteiger partial charge in [-0.1, -0.05) is 23.2 Å². The zero-order chi connectivity index (χ0) is 17.7. The van der Waals surface area contributed by atoms with Gasteiger partial charge in [0.1, 0.15) is 5.03 Å². The first-order valence-electron chi connectivity index (χ1n) is 6.43. The van der Waals surface area contributed by atoms with Crippen molar-refractivity contribution in [1.29, 1.82) is 0 Å². The summed E-state index contributed by atoms with van der Waals surface area (Å²) in [5, 5.41) is 0.311. The zero-order valence-corrected chi connectivity index (χ0v) is 14.2. The number of halogens is 4. The smallest absolute Gasteiger partial charge is 0.341 e. The summed E-state index contributed by atoms with van der Waals surface area (Å²) in [6.45, 7) is -0.565. The Bertz CT molecular complexity index is 774. The predicted molar refractivity (Wildman–Crippen MR) is 87.2 cm³/mol. The van der Waals surface area contributed by atoms with Gasteiger partial charge in [-0.15, -0.1) is 0 Å². The molecule has 9 heteroatoms. The molecule has 4 nitrogen and oxygen atoms in total.